The van der Waals surface area contributed by atoms with E-state index in [2.05, 4.69) is 16.8 Å². The first-order valence-electron chi connectivity index (χ1n) is 4.61. The maximum Gasteiger partial charge on any atom is 0.118 e. The Labute approximate surface area is 89.8 Å². The number of methoxy groups -OCH3 is 1. The van der Waals surface area contributed by atoms with E-state index < -0.39 is 0 Å². The molecule has 15 heavy (non-hydrogen) atoms. The van der Waals surface area contributed by atoms with Gasteiger partial charge < -0.3 is 4.74 Å². The highest BCUT2D eigenvalue weighted by molar-refractivity contribution is 5.98. The molecule has 3 heteroatoms. The Morgan fingerprint density at radius 3 is 2.53 bits per heavy atom. The number of benzene rings is 1. The van der Waals surface area contributed by atoms with Crippen LogP contribution in [0.2, 0.25) is 0 Å². The van der Waals surface area contributed by atoms with E-state index in [9.17, 15) is 0 Å². The molecule has 0 fully saturated rings. The van der Waals surface area contributed by atoms with Gasteiger partial charge >= 0.3 is 0 Å². The molecule has 0 bridgehead atoms. The molecule has 0 N–H and O–H groups in total. The Bertz CT molecular complexity index is 377. The molecule has 3 nitrogen and oxygen atoms in total. The normalized spacial score (nSPS) is 11.7. The van der Waals surface area contributed by atoms with Crippen LogP contribution in [-0.2, 0) is 0 Å². The van der Waals surface area contributed by atoms with Crippen LogP contribution in [-0.4, -0.2) is 19.0 Å². The van der Waals surface area contributed by atoms with E-state index in [-0.39, 0.29) is 0 Å². The Hall–Kier alpha value is -1.90. The summed E-state index contributed by atoms with van der Waals surface area (Å²) in [5, 5.41) is 7.84. The maximum absolute atomic E-state index is 5.06. The van der Waals surface area contributed by atoms with Crippen molar-refractivity contribution in [3.63, 3.8) is 0 Å². The number of hydrogen-bond acceptors (Lipinski definition) is 3. The second-order valence-electron chi connectivity index (χ2n) is 2.91. The van der Waals surface area contributed by atoms with E-state index in [0.29, 0.717) is 0 Å². The highest BCUT2D eigenvalue weighted by Gasteiger charge is 1.96. The maximum atomic E-state index is 5.06. The first-order valence-corrected chi connectivity index (χ1v) is 4.61. The summed E-state index contributed by atoms with van der Waals surface area (Å²) >= 11 is 0. The average Bonchev–Trinajstić information content (AvgIpc) is 2.29. The van der Waals surface area contributed by atoms with E-state index in [1.165, 1.54) is 0 Å². The van der Waals surface area contributed by atoms with E-state index in [1.807, 2.05) is 31.2 Å². The second kappa shape index (κ2) is 5.75. The lowest BCUT2D eigenvalue weighted by molar-refractivity contribution is 0.415. The van der Waals surface area contributed by atoms with Crippen LogP contribution in [0.5, 0.6) is 5.75 Å². The first-order chi connectivity index (χ1) is 7.27. The lowest BCUT2D eigenvalue weighted by atomic mass is 10.1. The zero-order chi connectivity index (χ0) is 11.1. The predicted octanol–water partition coefficient (Wildman–Crippen LogP) is 2.68. The molecule has 0 aliphatic rings. The van der Waals surface area contributed by atoms with Crippen molar-refractivity contribution >= 4 is 11.9 Å². The molecule has 1 aromatic rings. The summed E-state index contributed by atoms with van der Waals surface area (Å²) in [5.74, 6) is 0.834. The fourth-order valence-corrected chi connectivity index (χ4v) is 1.06. The summed E-state index contributed by atoms with van der Waals surface area (Å²) in [7, 11) is 1.64. The fraction of sp³-hybridized carbons (Fsp3) is 0.167. The van der Waals surface area contributed by atoms with Crippen molar-refractivity contribution in [1.82, 2.24) is 0 Å². The largest absolute Gasteiger partial charge is 0.497 e. The minimum atomic E-state index is 0.834. The molecule has 0 saturated heterocycles. The van der Waals surface area contributed by atoms with Crippen LogP contribution < -0.4 is 4.74 Å². The molecule has 0 atom stereocenters. The second-order valence-corrected chi connectivity index (χ2v) is 2.91. The van der Waals surface area contributed by atoms with Gasteiger partial charge in [0.05, 0.1) is 12.8 Å². The molecule has 0 aliphatic heterocycles. The van der Waals surface area contributed by atoms with Crippen LogP contribution >= 0.6 is 0 Å². The van der Waals surface area contributed by atoms with Gasteiger partial charge in [-0.15, -0.1) is 0 Å². The van der Waals surface area contributed by atoms with Crippen LogP contribution in [0.25, 0.3) is 0 Å². The van der Waals surface area contributed by atoms with Crippen molar-refractivity contribution in [2.45, 2.75) is 6.92 Å². The summed E-state index contributed by atoms with van der Waals surface area (Å²) in [6, 6.07) is 7.68. The monoisotopic (exact) mass is 202 g/mol. The number of rotatable bonds is 4. The highest BCUT2D eigenvalue weighted by atomic mass is 16.5. The number of allylic oxidation sites excluding steroid dienone is 1. The van der Waals surface area contributed by atoms with Crippen LogP contribution in [0.4, 0.5) is 0 Å². The Kier molecular flexibility index (Phi) is 4.29. The highest BCUT2D eigenvalue weighted by Crippen LogP contribution is 2.11. The molecule has 0 heterocycles. The molecule has 0 aliphatic carbocycles. The third kappa shape index (κ3) is 3.38. The van der Waals surface area contributed by atoms with Gasteiger partial charge in [0.2, 0.25) is 0 Å². The minimum absolute atomic E-state index is 0.834. The molecule has 0 unspecified atom stereocenters. The molecule has 0 spiro atoms. The van der Waals surface area contributed by atoms with Gasteiger partial charge in [-0.3, -0.25) is 0 Å². The van der Waals surface area contributed by atoms with Gasteiger partial charge in [0, 0.05) is 6.21 Å². The summed E-state index contributed by atoms with van der Waals surface area (Å²) in [5.41, 5.74) is 1.88. The third-order valence-electron chi connectivity index (χ3n) is 1.89. The average molecular weight is 202 g/mol. The van der Waals surface area contributed by atoms with Crippen molar-refractivity contribution in [3.8, 4) is 5.75 Å². The molecule has 0 aromatic heterocycles. The van der Waals surface area contributed by atoms with Crippen LogP contribution in [0.1, 0.15) is 12.5 Å². The molecular formula is C12H14N2O. The molecular weight excluding hydrogens is 188 g/mol. The van der Waals surface area contributed by atoms with Gasteiger partial charge in [-0.25, -0.2) is 0 Å². The molecule has 1 aromatic carbocycles. The summed E-state index contributed by atoms with van der Waals surface area (Å²) in [6.45, 7) is 5.42. The first kappa shape index (κ1) is 11.2. The standard InChI is InChI=1S/C12H14N2O/c1-4-9-13-14-10(2)11-5-7-12(15-3)8-6-11/h4-9H,1H2,2-3H3/b13-9+,14-10+. The fourth-order valence-electron chi connectivity index (χ4n) is 1.06. The van der Waals surface area contributed by atoms with Gasteiger partial charge in [-0.2, -0.15) is 10.2 Å². The third-order valence-corrected chi connectivity index (χ3v) is 1.89. The Morgan fingerprint density at radius 1 is 1.33 bits per heavy atom. The van der Waals surface area contributed by atoms with Crippen LogP contribution in [0, 0.1) is 0 Å². The summed E-state index contributed by atoms with van der Waals surface area (Å²) in [4.78, 5) is 0. The lowest BCUT2D eigenvalue weighted by Crippen LogP contribution is -1.93. The molecule has 0 amide bonds. The van der Waals surface area contributed by atoms with E-state index in [1.54, 1.807) is 19.4 Å². The topological polar surface area (TPSA) is 34.0 Å². The zero-order valence-electron chi connectivity index (χ0n) is 8.97. The van der Waals surface area contributed by atoms with Gasteiger partial charge in [0.25, 0.3) is 0 Å². The van der Waals surface area contributed by atoms with Gasteiger partial charge in [-0.05, 0) is 42.8 Å². The Morgan fingerprint density at radius 2 is 2.00 bits per heavy atom. The predicted molar refractivity (Wildman–Crippen MR) is 63.9 cm³/mol. The van der Waals surface area contributed by atoms with Gasteiger partial charge in [0.1, 0.15) is 5.75 Å². The molecule has 1 rings (SSSR count). The van der Waals surface area contributed by atoms with Gasteiger partial charge in [-0.1, -0.05) is 6.58 Å². The van der Waals surface area contributed by atoms with Crippen molar-refractivity contribution in [1.29, 1.82) is 0 Å². The van der Waals surface area contributed by atoms with Crippen molar-refractivity contribution in [2.24, 2.45) is 10.2 Å². The molecule has 0 saturated carbocycles. The van der Waals surface area contributed by atoms with E-state index in [4.69, 9.17) is 4.74 Å². The Balaban J connectivity index is 2.82. The zero-order valence-corrected chi connectivity index (χ0v) is 8.97. The lowest BCUT2D eigenvalue weighted by Gasteiger charge is -2.01. The smallest absolute Gasteiger partial charge is 0.118 e. The number of nitrogens with zero attached hydrogens (tertiary/aromatic N) is 2. The SMILES string of the molecule is C=C/C=N/N=C(\C)c1ccc(OC)cc1. The molecule has 78 valence electrons. The quantitative estimate of drug-likeness (QED) is 0.546. The van der Waals surface area contributed by atoms with Crippen molar-refractivity contribution in [3.05, 3.63) is 42.5 Å². The van der Waals surface area contributed by atoms with E-state index >= 15 is 0 Å². The van der Waals surface area contributed by atoms with Gasteiger partial charge in [0.15, 0.2) is 0 Å². The van der Waals surface area contributed by atoms with E-state index in [0.717, 1.165) is 17.0 Å². The summed E-state index contributed by atoms with van der Waals surface area (Å²) < 4.78 is 5.06. The number of ether oxygens (including phenoxy) is 1. The van der Waals surface area contributed by atoms with Crippen LogP contribution in [0.15, 0.2) is 47.1 Å². The van der Waals surface area contributed by atoms with Crippen LogP contribution in [0.3, 0.4) is 0 Å². The minimum Gasteiger partial charge on any atom is -0.497 e. The molecule has 0 radical (unpaired) electrons. The van der Waals surface area contributed by atoms with Crippen molar-refractivity contribution in [2.75, 3.05) is 7.11 Å². The summed E-state index contributed by atoms with van der Waals surface area (Å²) in [6.07, 6.45) is 3.14. The number of hydrogen-bond donors (Lipinski definition) is 0. The van der Waals surface area contributed by atoms with Crippen molar-refractivity contribution < 1.29 is 4.74 Å².